The van der Waals surface area contributed by atoms with E-state index in [1.165, 1.54) is 55.8 Å². The zero-order valence-corrected chi connectivity index (χ0v) is 14.8. The van der Waals surface area contributed by atoms with Gasteiger partial charge in [0, 0.05) is 0 Å². The second kappa shape index (κ2) is 17.9. The number of rotatable bonds is 13. The van der Waals surface area contributed by atoms with E-state index in [0.717, 1.165) is 12.8 Å². The summed E-state index contributed by atoms with van der Waals surface area (Å²) >= 11 is 2.45. The average molecular weight is 374 g/mol. The summed E-state index contributed by atoms with van der Waals surface area (Å²) in [5.74, 6) is 0. The Bertz CT molecular complexity index is 238. The van der Waals surface area contributed by atoms with Gasteiger partial charge in [0.05, 0.1) is 0 Å². The summed E-state index contributed by atoms with van der Waals surface area (Å²) in [7, 11) is 0. The Morgan fingerprint density at radius 2 is 1.16 bits per heavy atom. The minimum Gasteiger partial charge on any atom is -0.0882 e. The number of halogens is 1. The van der Waals surface area contributed by atoms with Gasteiger partial charge < -0.3 is 0 Å². The van der Waals surface area contributed by atoms with Gasteiger partial charge in [-0.15, -0.1) is 0 Å². The summed E-state index contributed by atoms with van der Waals surface area (Å²) in [6.07, 6.45) is 26.6. The van der Waals surface area contributed by atoms with Crippen molar-refractivity contribution in [2.24, 2.45) is 0 Å². The Kier molecular flexibility index (Phi) is 17.9. The lowest BCUT2D eigenvalue weighted by molar-refractivity contribution is 0.728. The first-order valence-electron chi connectivity index (χ1n) is 7.92. The number of allylic oxidation sites excluding steroid dienone is 6. The minimum absolute atomic E-state index is 1.09. The smallest absolute Gasteiger partial charge is 0.000473 e. The molecule has 0 aliphatic heterocycles. The predicted molar refractivity (Wildman–Crippen MR) is 98.2 cm³/mol. The number of hydrogen-bond acceptors (Lipinski definition) is 0. The SMILES string of the molecule is CCCCCC=CCC=CCC=CCCCCCI. The van der Waals surface area contributed by atoms with Gasteiger partial charge in [0.2, 0.25) is 0 Å². The van der Waals surface area contributed by atoms with Gasteiger partial charge in [0.15, 0.2) is 0 Å². The molecule has 0 saturated heterocycles. The Morgan fingerprint density at radius 1 is 0.632 bits per heavy atom. The van der Waals surface area contributed by atoms with Gasteiger partial charge >= 0.3 is 0 Å². The highest BCUT2D eigenvalue weighted by Gasteiger charge is 1.84. The van der Waals surface area contributed by atoms with Crippen LogP contribution >= 0.6 is 22.6 Å². The maximum atomic E-state index is 2.45. The van der Waals surface area contributed by atoms with Crippen LogP contribution in [-0.2, 0) is 0 Å². The van der Waals surface area contributed by atoms with E-state index >= 15 is 0 Å². The van der Waals surface area contributed by atoms with Crippen LogP contribution in [0.2, 0.25) is 0 Å². The fourth-order valence-electron chi connectivity index (χ4n) is 1.82. The van der Waals surface area contributed by atoms with E-state index < -0.39 is 0 Å². The molecule has 0 rings (SSSR count). The van der Waals surface area contributed by atoms with Crippen molar-refractivity contribution in [2.45, 2.75) is 71.1 Å². The van der Waals surface area contributed by atoms with Crippen molar-refractivity contribution >= 4 is 22.6 Å². The van der Waals surface area contributed by atoms with E-state index in [9.17, 15) is 0 Å². The fourth-order valence-corrected chi connectivity index (χ4v) is 2.36. The van der Waals surface area contributed by atoms with Crippen LogP contribution in [0.15, 0.2) is 36.5 Å². The predicted octanol–water partition coefficient (Wildman–Crippen LogP) is 7.01. The lowest BCUT2D eigenvalue weighted by Crippen LogP contribution is -1.75. The van der Waals surface area contributed by atoms with E-state index in [1.807, 2.05) is 0 Å². The molecule has 110 valence electrons. The van der Waals surface area contributed by atoms with Gasteiger partial charge in [0.1, 0.15) is 0 Å². The van der Waals surface area contributed by atoms with E-state index in [-0.39, 0.29) is 0 Å². The highest BCUT2D eigenvalue weighted by atomic mass is 127. The number of hydrogen-bond donors (Lipinski definition) is 0. The van der Waals surface area contributed by atoms with Crippen molar-refractivity contribution in [1.29, 1.82) is 0 Å². The summed E-state index contributed by atoms with van der Waals surface area (Å²) in [4.78, 5) is 0. The van der Waals surface area contributed by atoms with E-state index in [4.69, 9.17) is 0 Å². The number of alkyl halides is 1. The molecule has 0 amide bonds. The van der Waals surface area contributed by atoms with Gasteiger partial charge in [-0.1, -0.05) is 85.2 Å². The van der Waals surface area contributed by atoms with Crippen molar-refractivity contribution in [3.8, 4) is 0 Å². The lowest BCUT2D eigenvalue weighted by atomic mass is 10.2. The van der Waals surface area contributed by atoms with Crippen molar-refractivity contribution < 1.29 is 0 Å². The van der Waals surface area contributed by atoms with Crippen LogP contribution in [0.1, 0.15) is 71.1 Å². The Balaban J connectivity index is 3.26. The molecule has 0 heterocycles. The quantitative estimate of drug-likeness (QED) is 0.141. The van der Waals surface area contributed by atoms with Gasteiger partial charge in [0.25, 0.3) is 0 Å². The second-order valence-corrected chi connectivity index (χ2v) is 6.00. The molecule has 0 radical (unpaired) electrons. The van der Waals surface area contributed by atoms with Crippen molar-refractivity contribution in [1.82, 2.24) is 0 Å². The minimum atomic E-state index is 1.09. The van der Waals surface area contributed by atoms with Gasteiger partial charge in [-0.05, 0) is 49.4 Å². The number of unbranched alkanes of at least 4 members (excludes halogenated alkanes) is 6. The topological polar surface area (TPSA) is 0 Å². The summed E-state index contributed by atoms with van der Waals surface area (Å²) in [6, 6.07) is 0. The molecule has 0 aromatic heterocycles. The molecule has 0 N–H and O–H groups in total. The molecule has 0 aromatic rings. The fraction of sp³-hybridized carbons (Fsp3) is 0.667. The molecular weight excluding hydrogens is 343 g/mol. The van der Waals surface area contributed by atoms with Crippen molar-refractivity contribution in [3.63, 3.8) is 0 Å². The first-order chi connectivity index (χ1) is 9.41. The molecule has 0 aliphatic rings. The first kappa shape index (κ1) is 18.9. The standard InChI is InChI=1S/C18H31I/c1-2-3-4-5-6-7-8-9-10-11-12-13-14-15-16-17-18-19/h6-7,9-10,12-13H,2-5,8,11,14-18H2,1H3. The Morgan fingerprint density at radius 3 is 1.68 bits per heavy atom. The molecule has 0 atom stereocenters. The monoisotopic (exact) mass is 374 g/mol. The van der Waals surface area contributed by atoms with E-state index in [0.29, 0.717) is 0 Å². The maximum absolute atomic E-state index is 2.45. The van der Waals surface area contributed by atoms with Crippen LogP contribution in [0.25, 0.3) is 0 Å². The van der Waals surface area contributed by atoms with Crippen LogP contribution in [0.3, 0.4) is 0 Å². The van der Waals surface area contributed by atoms with Crippen LogP contribution in [0.4, 0.5) is 0 Å². The van der Waals surface area contributed by atoms with Crippen molar-refractivity contribution in [3.05, 3.63) is 36.5 Å². The third-order valence-corrected chi connectivity index (χ3v) is 3.79. The van der Waals surface area contributed by atoms with E-state index in [2.05, 4.69) is 66.0 Å². The molecular formula is C18H31I. The highest BCUT2D eigenvalue weighted by Crippen LogP contribution is 2.03. The molecule has 0 saturated carbocycles. The molecule has 1 heteroatoms. The Labute approximate surface area is 134 Å². The van der Waals surface area contributed by atoms with Gasteiger partial charge in [-0.25, -0.2) is 0 Å². The van der Waals surface area contributed by atoms with Crippen LogP contribution in [0.5, 0.6) is 0 Å². The molecule has 0 fully saturated rings. The van der Waals surface area contributed by atoms with Crippen LogP contribution in [-0.4, -0.2) is 4.43 Å². The van der Waals surface area contributed by atoms with E-state index in [1.54, 1.807) is 0 Å². The van der Waals surface area contributed by atoms with Crippen LogP contribution in [0, 0.1) is 0 Å². The summed E-state index contributed by atoms with van der Waals surface area (Å²) in [5, 5.41) is 0. The summed E-state index contributed by atoms with van der Waals surface area (Å²) < 4.78 is 1.30. The van der Waals surface area contributed by atoms with Gasteiger partial charge in [-0.2, -0.15) is 0 Å². The largest absolute Gasteiger partial charge is 0.0882 e. The second-order valence-electron chi connectivity index (χ2n) is 4.92. The molecule has 0 aliphatic carbocycles. The molecule has 0 unspecified atom stereocenters. The zero-order valence-electron chi connectivity index (χ0n) is 12.6. The highest BCUT2D eigenvalue weighted by molar-refractivity contribution is 14.1. The van der Waals surface area contributed by atoms with Gasteiger partial charge in [-0.3, -0.25) is 0 Å². The normalized spacial score (nSPS) is 12.3. The first-order valence-corrected chi connectivity index (χ1v) is 9.45. The molecule has 0 spiro atoms. The molecule has 0 aromatic carbocycles. The molecule has 0 bridgehead atoms. The maximum Gasteiger partial charge on any atom is -0.000473 e. The average Bonchev–Trinajstić information content (AvgIpc) is 2.43. The Hall–Kier alpha value is -0.0500. The summed E-state index contributed by atoms with van der Waals surface area (Å²) in [5.41, 5.74) is 0. The molecule has 0 nitrogen and oxygen atoms in total. The van der Waals surface area contributed by atoms with Crippen molar-refractivity contribution in [2.75, 3.05) is 4.43 Å². The van der Waals surface area contributed by atoms with Crippen LogP contribution < -0.4 is 0 Å². The molecule has 19 heavy (non-hydrogen) atoms. The third kappa shape index (κ3) is 17.9. The lowest BCUT2D eigenvalue weighted by Gasteiger charge is -1.93. The third-order valence-electron chi connectivity index (χ3n) is 3.02. The zero-order chi connectivity index (χ0) is 14.0. The summed E-state index contributed by atoms with van der Waals surface area (Å²) in [6.45, 7) is 2.25.